The van der Waals surface area contributed by atoms with Crippen molar-refractivity contribution in [1.82, 2.24) is 0 Å². The molecule has 0 amide bonds. The van der Waals surface area contributed by atoms with Crippen molar-refractivity contribution < 1.29 is 13.2 Å². The Bertz CT molecular complexity index is 312. The van der Waals surface area contributed by atoms with E-state index in [4.69, 9.17) is 5.73 Å². The van der Waals surface area contributed by atoms with Gasteiger partial charge < -0.3 is 5.73 Å². The number of benzene rings is 1. The van der Waals surface area contributed by atoms with Gasteiger partial charge in [-0.05, 0) is 24.5 Å². The summed E-state index contributed by atoms with van der Waals surface area (Å²) < 4.78 is 37.2. The number of alkyl halides is 3. The highest BCUT2D eigenvalue weighted by atomic mass is 19.3. The SMILES string of the molecule is CC(N)Cc1cccc(C(F)C(F)F)c1. The van der Waals surface area contributed by atoms with Crippen molar-refractivity contribution in [3.8, 4) is 0 Å². The van der Waals surface area contributed by atoms with Crippen molar-refractivity contribution in [1.29, 1.82) is 0 Å². The van der Waals surface area contributed by atoms with E-state index in [2.05, 4.69) is 0 Å². The highest BCUT2D eigenvalue weighted by Gasteiger charge is 2.21. The summed E-state index contributed by atoms with van der Waals surface area (Å²) in [6.45, 7) is 1.81. The third kappa shape index (κ3) is 3.55. The van der Waals surface area contributed by atoms with E-state index in [1.54, 1.807) is 12.1 Å². The number of hydrogen-bond acceptors (Lipinski definition) is 1. The van der Waals surface area contributed by atoms with Gasteiger partial charge in [0.05, 0.1) is 0 Å². The number of nitrogens with two attached hydrogens (primary N) is 1. The van der Waals surface area contributed by atoms with Gasteiger partial charge >= 0.3 is 0 Å². The molecule has 2 N–H and O–H groups in total. The third-order valence-corrected chi connectivity index (χ3v) is 2.05. The maximum Gasteiger partial charge on any atom is 0.273 e. The highest BCUT2D eigenvalue weighted by Crippen LogP contribution is 2.25. The zero-order valence-corrected chi connectivity index (χ0v) is 8.46. The minimum Gasteiger partial charge on any atom is -0.328 e. The standard InChI is InChI=1S/C11H14F3N/c1-7(15)5-8-3-2-4-9(6-8)10(12)11(13)14/h2-4,6-7,10-11H,5,15H2,1H3. The summed E-state index contributed by atoms with van der Waals surface area (Å²) in [6.07, 6.45) is -4.63. The molecule has 1 nitrogen and oxygen atoms in total. The van der Waals surface area contributed by atoms with Crippen molar-refractivity contribution in [2.45, 2.75) is 32.0 Å². The van der Waals surface area contributed by atoms with Crippen LogP contribution < -0.4 is 5.73 Å². The summed E-state index contributed by atoms with van der Waals surface area (Å²) >= 11 is 0. The van der Waals surface area contributed by atoms with Crippen LogP contribution in [0.15, 0.2) is 24.3 Å². The van der Waals surface area contributed by atoms with Gasteiger partial charge in [0.2, 0.25) is 0 Å². The molecule has 0 spiro atoms. The summed E-state index contributed by atoms with van der Waals surface area (Å²) in [5.74, 6) is 0. The fraction of sp³-hybridized carbons (Fsp3) is 0.455. The Kier molecular flexibility index (Phi) is 4.15. The Morgan fingerprint density at radius 1 is 1.27 bits per heavy atom. The van der Waals surface area contributed by atoms with Crippen molar-refractivity contribution in [3.05, 3.63) is 35.4 Å². The molecular formula is C11H14F3N. The van der Waals surface area contributed by atoms with Gasteiger partial charge in [-0.1, -0.05) is 24.3 Å². The number of halogens is 3. The molecule has 0 aliphatic heterocycles. The second kappa shape index (κ2) is 5.16. The second-order valence-electron chi connectivity index (χ2n) is 3.66. The normalized spacial score (nSPS) is 15.3. The van der Waals surface area contributed by atoms with Crippen molar-refractivity contribution >= 4 is 0 Å². The molecule has 0 radical (unpaired) electrons. The van der Waals surface area contributed by atoms with E-state index in [0.29, 0.717) is 6.42 Å². The lowest BCUT2D eigenvalue weighted by atomic mass is 10.0. The Balaban J connectivity index is 2.82. The molecule has 15 heavy (non-hydrogen) atoms. The van der Waals surface area contributed by atoms with Gasteiger partial charge in [-0.3, -0.25) is 0 Å². The van der Waals surface area contributed by atoms with Gasteiger partial charge in [-0.15, -0.1) is 0 Å². The zero-order chi connectivity index (χ0) is 11.4. The van der Waals surface area contributed by atoms with Crippen LogP contribution in [0, 0.1) is 0 Å². The Morgan fingerprint density at radius 2 is 1.93 bits per heavy atom. The molecule has 2 unspecified atom stereocenters. The van der Waals surface area contributed by atoms with Crippen LogP contribution >= 0.6 is 0 Å². The molecule has 0 bridgehead atoms. The lowest BCUT2D eigenvalue weighted by Crippen LogP contribution is -2.17. The monoisotopic (exact) mass is 217 g/mol. The van der Waals surface area contributed by atoms with Crippen LogP contribution in [-0.2, 0) is 6.42 Å². The molecule has 0 fully saturated rings. The lowest BCUT2D eigenvalue weighted by molar-refractivity contribution is 0.0495. The van der Waals surface area contributed by atoms with E-state index in [9.17, 15) is 13.2 Å². The Morgan fingerprint density at radius 3 is 2.47 bits per heavy atom. The van der Waals surface area contributed by atoms with Crippen LogP contribution in [0.5, 0.6) is 0 Å². The van der Waals surface area contributed by atoms with Crippen LogP contribution in [0.1, 0.15) is 24.2 Å². The molecule has 0 heterocycles. The molecule has 0 saturated carbocycles. The summed E-state index contributed by atoms with van der Waals surface area (Å²) in [7, 11) is 0. The predicted molar refractivity (Wildman–Crippen MR) is 53.6 cm³/mol. The van der Waals surface area contributed by atoms with E-state index >= 15 is 0 Å². The van der Waals surface area contributed by atoms with E-state index in [1.807, 2.05) is 6.92 Å². The fourth-order valence-corrected chi connectivity index (χ4v) is 1.41. The highest BCUT2D eigenvalue weighted by molar-refractivity contribution is 5.26. The first-order chi connectivity index (χ1) is 7.00. The van der Waals surface area contributed by atoms with E-state index in [-0.39, 0.29) is 11.6 Å². The van der Waals surface area contributed by atoms with Gasteiger partial charge in [0.1, 0.15) is 0 Å². The number of hydrogen-bond donors (Lipinski definition) is 1. The molecule has 2 atom stereocenters. The summed E-state index contributed by atoms with van der Waals surface area (Å²) in [4.78, 5) is 0. The first kappa shape index (κ1) is 12.0. The smallest absolute Gasteiger partial charge is 0.273 e. The van der Waals surface area contributed by atoms with E-state index < -0.39 is 12.6 Å². The van der Waals surface area contributed by atoms with Gasteiger partial charge in [0.25, 0.3) is 6.43 Å². The van der Waals surface area contributed by atoms with Crippen LogP contribution in [0.4, 0.5) is 13.2 Å². The van der Waals surface area contributed by atoms with Crippen molar-refractivity contribution in [2.75, 3.05) is 0 Å². The number of rotatable bonds is 4. The second-order valence-corrected chi connectivity index (χ2v) is 3.66. The van der Waals surface area contributed by atoms with Crippen LogP contribution in [-0.4, -0.2) is 12.5 Å². The maximum absolute atomic E-state index is 13.0. The molecule has 0 aliphatic carbocycles. The van der Waals surface area contributed by atoms with Gasteiger partial charge in [-0.25, -0.2) is 13.2 Å². The first-order valence-electron chi connectivity index (χ1n) is 4.77. The van der Waals surface area contributed by atoms with Crippen molar-refractivity contribution in [2.24, 2.45) is 5.73 Å². The summed E-state index contributed by atoms with van der Waals surface area (Å²) in [5, 5.41) is 0. The Labute approximate surface area is 87.1 Å². The van der Waals surface area contributed by atoms with Gasteiger partial charge in [0.15, 0.2) is 6.17 Å². The molecule has 1 aromatic carbocycles. The lowest BCUT2D eigenvalue weighted by Gasteiger charge is -2.10. The molecule has 1 rings (SSSR count). The molecular weight excluding hydrogens is 203 g/mol. The van der Waals surface area contributed by atoms with Crippen LogP contribution in [0.25, 0.3) is 0 Å². The van der Waals surface area contributed by atoms with E-state index in [0.717, 1.165) is 5.56 Å². The summed E-state index contributed by atoms with van der Waals surface area (Å²) in [5.41, 5.74) is 6.37. The average molecular weight is 217 g/mol. The molecule has 0 aromatic heterocycles. The minimum atomic E-state index is -2.98. The van der Waals surface area contributed by atoms with Gasteiger partial charge in [0, 0.05) is 6.04 Å². The topological polar surface area (TPSA) is 26.0 Å². The minimum absolute atomic E-state index is 0.0168. The van der Waals surface area contributed by atoms with Gasteiger partial charge in [-0.2, -0.15) is 0 Å². The largest absolute Gasteiger partial charge is 0.328 e. The van der Waals surface area contributed by atoms with Crippen LogP contribution in [0.3, 0.4) is 0 Å². The van der Waals surface area contributed by atoms with Crippen molar-refractivity contribution in [3.63, 3.8) is 0 Å². The third-order valence-electron chi connectivity index (χ3n) is 2.05. The first-order valence-corrected chi connectivity index (χ1v) is 4.77. The zero-order valence-electron chi connectivity index (χ0n) is 8.46. The van der Waals surface area contributed by atoms with Crippen LogP contribution in [0.2, 0.25) is 0 Å². The Hall–Kier alpha value is -1.03. The molecule has 4 heteroatoms. The molecule has 0 aliphatic rings. The molecule has 84 valence electrons. The fourth-order valence-electron chi connectivity index (χ4n) is 1.41. The maximum atomic E-state index is 13.0. The predicted octanol–water partition coefficient (Wildman–Crippen LogP) is 2.85. The molecule has 1 aromatic rings. The van der Waals surface area contributed by atoms with E-state index in [1.165, 1.54) is 12.1 Å². The summed E-state index contributed by atoms with van der Waals surface area (Å²) in [6, 6.07) is 6.07. The quantitative estimate of drug-likeness (QED) is 0.824. The average Bonchev–Trinajstić information content (AvgIpc) is 2.16. The molecule has 0 saturated heterocycles.